The van der Waals surface area contributed by atoms with Crippen molar-refractivity contribution in [1.82, 2.24) is 24.9 Å². The molecule has 24 heavy (non-hydrogen) atoms. The summed E-state index contributed by atoms with van der Waals surface area (Å²) in [4.78, 5) is 6.76. The molecule has 3 aromatic heterocycles. The topological polar surface area (TPSA) is 58.4 Å². The van der Waals surface area contributed by atoms with Crippen LogP contribution in [0.2, 0.25) is 0 Å². The van der Waals surface area contributed by atoms with Crippen LogP contribution >= 0.6 is 15.9 Å². The molecule has 1 aliphatic rings. The van der Waals surface area contributed by atoms with Gasteiger partial charge in [0.15, 0.2) is 5.82 Å². The van der Waals surface area contributed by atoms with E-state index in [9.17, 15) is 0 Å². The molecule has 0 bridgehead atoms. The van der Waals surface area contributed by atoms with Crippen molar-refractivity contribution in [3.63, 3.8) is 0 Å². The Balaban J connectivity index is 1.35. The molecule has 1 aliphatic heterocycles. The molecule has 0 spiro atoms. The van der Waals surface area contributed by atoms with Gasteiger partial charge in [-0.25, -0.2) is 4.98 Å². The van der Waals surface area contributed by atoms with E-state index in [1.807, 2.05) is 30.5 Å². The summed E-state index contributed by atoms with van der Waals surface area (Å²) in [5.74, 6) is 0.975. The molecule has 124 valence electrons. The maximum absolute atomic E-state index is 4.45. The van der Waals surface area contributed by atoms with Crippen LogP contribution in [0.1, 0.15) is 18.5 Å². The second-order valence-electron chi connectivity index (χ2n) is 6.05. The predicted octanol–water partition coefficient (Wildman–Crippen LogP) is 2.65. The van der Waals surface area contributed by atoms with Crippen molar-refractivity contribution in [3.8, 4) is 0 Å². The lowest BCUT2D eigenvalue weighted by atomic mass is 10.0. The Labute approximate surface area is 149 Å². The molecule has 0 amide bonds. The standard InChI is InChI=1S/C17H19BrN6/c18-13-3-4-16-20-11-15(24(16)12-13)10-19-14-5-8-23(9-6-14)17-2-1-7-21-22-17/h1-4,7,11-12,14,19H,5-6,8-10H2. The Morgan fingerprint density at radius 2 is 2.08 bits per heavy atom. The van der Waals surface area contributed by atoms with Crippen molar-refractivity contribution in [2.75, 3.05) is 18.0 Å². The number of pyridine rings is 1. The Hall–Kier alpha value is -1.99. The van der Waals surface area contributed by atoms with E-state index in [0.29, 0.717) is 6.04 Å². The first kappa shape index (κ1) is 15.5. The van der Waals surface area contributed by atoms with Gasteiger partial charge in [-0.2, -0.15) is 5.10 Å². The van der Waals surface area contributed by atoms with Crippen LogP contribution in [-0.4, -0.2) is 38.7 Å². The van der Waals surface area contributed by atoms with Gasteiger partial charge in [-0.1, -0.05) is 0 Å². The Kier molecular flexibility index (Phi) is 4.44. The van der Waals surface area contributed by atoms with Crippen LogP contribution in [0.5, 0.6) is 0 Å². The number of halogens is 1. The maximum atomic E-state index is 4.45. The fourth-order valence-electron chi connectivity index (χ4n) is 3.16. The van der Waals surface area contributed by atoms with Crippen molar-refractivity contribution < 1.29 is 0 Å². The van der Waals surface area contributed by atoms with Gasteiger partial charge in [0.05, 0.1) is 11.9 Å². The molecular formula is C17H19BrN6. The molecule has 0 aromatic carbocycles. The fourth-order valence-corrected chi connectivity index (χ4v) is 3.50. The van der Waals surface area contributed by atoms with E-state index >= 15 is 0 Å². The van der Waals surface area contributed by atoms with E-state index in [1.165, 1.54) is 5.69 Å². The highest BCUT2D eigenvalue weighted by Gasteiger charge is 2.20. The number of nitrogens with zero attached hydrogens (tertiary/aromatic N) is 5. The molecule has 0 saturated carbocycles. The molecule has 1 fully saturated rings. The van der Waals surface area contributed by atoms with Gasteiger partial charge in [0.1, 0.15) is 5.65 Å². The van der Waals surface area contributed by atoms with Crippen molar-refractivity contribution in [2.24, 2.45) is 0 Å². The molecule has 1 N–H and O–H groups in total. The van der Waals surface area contributed by atoms with Gasteiger partial charge in [0, 0.05) is 42.5 Å². The zero-order valence-electron chi connectivity index (χ0n) is 13.3. The van der Waals surface area contributed by atoms with E-state index in [0.717, 1.165) is 48.4 Å². The van der Waals surface area contributed by atoms with Crippen LogP contribution in [0.15, 0.2) is 47.3 Å². The fraction of sp³-hybridized carbons (Fsp3) is 0.353. The average molecular weight is 387 g/mol. The van der Waals surface area contributed by atoms with Crippen molar-refractivity contribution >= 4 is 27.4 Å². The van der Waals surface area contributed by atoms with E-state index in [4.69, 9.17) is 0 Å². The summed E-state index contributed by atoms with van der Waals surface area (Å²) in [5.41, 5.74) is 2.16. The van der Waals surface area contributed by atoms with Crippen LogP contribution in [0.4, 0.5) is 5.82 Å². The van der Waals surface area contributed by atoms with Crippen LogP contribution < -0.4 is 10.2 Å². The summed E-state index contributed by atoms with van der Waals surface area (Å²) in [6.07, 6.45) is 7.94. The highest BCUT2D eigenvalue weighted by Crippen LogP contribution is 2.18. The van der Waals surface area contributed by atoms with E-state index in [-0.39, 0.29) is 0 Å². The number of anilines is 1. The predicted molar refractivity (Wildman–Crippen MR) is 97.0 cm³/mol. The number of hydrogen-bond donors (Lipinski definition) is 1. The van der Waals surface area contributed by atoms with Gasteiger partial charge >= 0.3 is 0 Å². The van der Waals surface area contributed by atoms with E-state index in [1.54, 1.807) is 6.20 Å². The largest absolute Gasteiger partial charge is 0.355 e. The Morgan fingerprint density at radius 1 is 1.21 bits per heavy atom. The summed E-state index contributed by atoms with van der Waals surface area (Å²) < 4.78 is 3.19. The van der Waals surface area contributed by atoms with E-state index < -0.39 is 0 Å². The highest BCUT2D eigenvalue weighted by molar-refractivity contribution is 9.10. The van der Waals surface area contributed by atoms with Crippen molar-refractivity contribution in [2.45, 2.75) is 25.4 Å². The quantitative estimate of drug-likeness (QED) is 0.746. The number of rotatable bonds is 4. The number of fused-ring (bicyclic) bond motifs is 1. The summed E-state index contributed by atoms with van der Waals surface area (Å²) in [6, 6.07) is 8.52. The molecular weight excluding hydrogens is 368 g/mol. The monoisotopic (exact) mass is 386 g/mol. The number of nitrogens with one attached hydrogen (secondary N) is 1. The summed E-state index contributed by atoms with van der Waals surface area (Å²) in [7, 11) is 0. The first-order chi connectivity index (χ1) is 11.8. The lowest BCUT2D eigenvalue weighted by Crippen LogP contribution is -2.42. The minimum absolute atomic E-state index is 0.524. The van der Waals surface area contributed by atoms with Gasteiger partial charge in [-0.3, -0.25) is 0 Å². The van der Waals surface area contributed by atoms with Crippen molar-refractivity contribution in [1.29, 1.82) is 0 Å². The summed E-state index contributed by atoms with van der Waals surface area (Å²) >= 11 is 3.52. The second-order valence-corrected chi connectivity index (χ2v) is 6.96. The second kappa shape index (κ2) is 6.86. The third-order valence-corrected chi connectivity index (χ3v) is 4.96. The third-order valence-electron chi connectivity index (χ3n) is 4.50. The molecule has 0 radical (unpaired) electrons. The van der Waals surface area contributed by atoms with E-state index in [2.05, 4.69) is 51.9 Å². The minimum atomic E-state index is 0.524. The molecule has 4 rings (SSSR count). The van der Waals surface area contributed by atoms with Crippen LogP contribution in [0.3, 0.4) is 0 Å². The molecule has 3 aromatic rings. The Bertz CT molecular complexity index is 810. The normalized spacial score (nSPS) is 16.0. The lowest BCUT2D eigenvalue weighted by Gasteiger charge is -2.32. The van der Waals surface area contributed by atoms with Crippen LogP contribution in [-0.2, 0) is 6.54 Å². The first-order valence-electron chi connectivity index (χ1n) is 8.17. The van der Waals surface area contributed by atoms with Gasteiger partial charge in [0.2, 0.25) is 0 Å². The zero-order chi connectivity index (χ0) is 16.4. The summed E-state index contributed by atoms with van der Waals surface area (Å²) in [6.45, 7) is 2.84. The third kappa shape index (κ3) is 3.27. The molecule has 6 nitrogen and oxygen atoms in total. The smallest absolute Gasteiger partial charge is 0.151 e. The molecule has 0 aliphatic carbocycles. The molecule has 4 heterocycles. The number of imidazole rings is 1. The molecule has 0 unspecified atom stereocenters. The summed E-state index contributed by atoms with van der Waals surface area (Å²) in [5, 5.41) is 11.8. The van der Waals surface area contributed by atoms with Gasteiger partial charge in [0.25, 0.3) is 0 Å². The minimum Gasteiger partial charge on any atom is -0.355 e. The number of hydrogen-bond acceptors (Lipinski definition) is 5. The highest BCUT2D eigenvalue weighted by atomic mass is 79.9. The number of aromatic nitrogens is 4. The van der Waals surface area contributed by atoms with Gasteiger partial charge in [-0.15, -0.1) is 5.10 Å². The average Bonchev–Trinajstić information content (AvgIpc) is 3.03. The van der Waals surface area contributed by atoms with Gasteiger partial charge < -0.3 is 14.6 Å². The first-order valence-corrected chi connectivity index (χ1v) is 8.96. The van der Waals surface area contributed by atoms with Crippen LogP contribution in [0.25, 0.3) is 5.65 Å². The SMILES string of the molecule is Brc1ccc2ncc(CNC3CCN(c4cccnn4)CC3)n2c1. The van der Waals surface area contributed by atoms with Gasteiger partial charge in [-0.05, 0) is 53.0 Å². The number of piperidine rings is 1. The van der Waals surface area contributed by atoms with Crippen LogP contribution in [0, 0.1) is 0 Å². The van der Waals surface area contributed by atoms with Crippen molar-refractivity contribution in [3.05, 3.63) is 53.0 Å². The maximum Gasteiger partial charge on any atom is 0.151 e. The molecule has 1 saturated heterocycles. The lowest BCUT2D eigenvalue weighted by molar-refractivity contribution is 0.410. The molecule has 0 atom stereocenters. The molecule has 7 heteroatoms. The zero-order valence-corrected chi connectivity index (χ0v) is 14.9. The Morgan fingerprint density at radius 3 is 2.88 bits per heavy atom.